The summed E-state index contributed by atoms with van der Waals surface area (Å²) in [4.78, 5) is 23.6. The van der Waals surface area contributed by atoms with Gasteiger partial charge in [-0.2, -0.15) is 0 Å². The molecule has 0 unspecified atom stereocenters. The standard InChI is InChI=1S/C20H13ClO5/c21-17-10-13(19(23)24)6-9-18(17)26-20(25)15-8-7-14(22)11-16(15)12-4-2-1-3-5-12/h1-11,22H,(H,23,24). The fourth-order valence-electron chi connectivity index (χ4n) is 2.44. The van der Waals surface area contributed by atoms with Crippen LogP contribution in [0.5, 0.6) is 11.5 Å². The predicted octanol–water partition coefficient (Wildman–Crippen LogP) is 4.63. The lowest BCUT2D eigenvalue weighted by molar-refractivity contribution is 0.0696. The summed E-state index contributed by atoms with van der Waals surface area (Å²) in [7, 11) is 0. The van der Waals surface area contributed by atoms with Gasteiger partial charge in [-0.1, -0.05) is 41.9 Å². The van der Waals surface area contributed by atoms with Crippen LogP contribution in [0.15, 0.2) is 66.7 Å². The maximum absolute atomic E-state index is 12.6. The van der Waals surface area contributed by atoms with Crippen molar-refractivity contribution in [3.63, 3.8) is 0 Å². The van der Waals surface area contributed by atoms with Crippen molar-refractivity contribution in [2.24, 2.45) is 0 Å². The Morgan fingerprint density at radius 2 is 1.65 bits per heavy atom. The summed E-state index contributed by atoms with van der Waals surface area (Å²) in [5.74, 6) is -1.73. The van der Waals surface area contributed by atoms with E-state index in [2.05, 4.69) is 0 Å². The number of hydrogen-bond donors (Lipinski definition) is 2. The van der Waals surface area contributed by atoms with Gasteiger partial charge in [0.05, 0.1) is 16.1 Å². The minimum absolute atomic E-state index is 0.00981. The molecule has 0 aliphatic heterocycles. The Morgan fingerprint density at radius 1 is 0.923 bits per heavy atom. The van der Waals surface area contributed by atoms with Crippen molar-refractivity contribution in [1.29, 1.82) is 0 Å². The Kier molecular flexibility index (Phi) is 4.91. The maximum Gasteiger partial charge on any atom is 0.344 e. The van der Waals surface area contributed by atoms with E-state index >= 15 is 0 Å². The Bertz CT molecular complexity index is 983. The molecule has 0 spiro atoms. The van der Waals surface area contributed by atoms with Gasteiger partial charge >= 0.3 is 11.9 Å². The summed E-state index contributed by atoms with van der Waals surface area (Å²) in [5, 5.41) is 18.7. The third-order valence-electron chi connectivity index (χ3n) is 3.69. The lowest BCUT2D eigenvalue weighted by Gasteiger charge is -2.11. The van der Waals surface area contributed by atoms with Gasteiger partial charge in [0.1, 0.15) is 11.5 Å². The number of carboxylic acids is 1. The van der Waals surface area contributed by atoms with E-state index in [1.807, 2.05) is 18.2 Å². The minimum atomic E-state index is -1.13. The second-order valence-corrected chi connectivity index (χ2v) is 5.84. The number of carbonyl (C=O) groups excluding carboxylic acids is 1. The molecule has 0 aliphatic carbocycles. The number of carbonyl (C=O) groups is 2. The number of carboxylic acid groups (broad SMARTS) is 1. The molecule has 0 bridgehead atoms. The van der Waals surface area contributed by atoms with Crippen molar-refractivity contribution < 1.29 is 24.5 Å². The van der Waals surface area contributed by atoms with Crippen molar-refractivity contribution >= 4 is 23.5 Å². The molecule has 0 aromatic heterocycles. The van der Waals surface area contributed by atoms with E-state index < -0.39 is 11.9 Å². The zero-order valence-electron chi connectivity index (χ0n) is 13.3. The van der Waals surface area contributed by atoms with E-state index in [0.717, 1.165) is 5.56 Å². The van der Waals surface area contributed by atoms with Crippen molar-refractivity contribution in [2.75, 3.05) is 0 Å². The lowest BCUT2D eigenvalue weighted by atomic mass is 9.99. The molecular formula is C20H13ClO5. The van der Waals surface area contributed by atoms with Gasteiger partial charge in [0.15, 0.2) is 0 Å². The summed E-state index contributed by atoms with van der Waals surface area (Å²) >= 11 is 6.01. The van der Waals surface area contributed by atoms with E-state index in [1.165, 1.54) is 36.4 Å². The largest absolute Gasteiger partial charge is 0.508 e. The van der Waals surface area contributed by atoms with Crippen LogP contribution >= 0.6 is 11.6 Å². The van der Waals surface area contributed by atoms with Crippen molar-refractivity contribution in [1.82, 2.24) is 0 Å². The highest BCUT2D eigenvalue weighted by atomic mass is 35.5. The molecule has 3 aromatic carbocycles. The number of rotatable bonds is 4. The highest BCUT2D eigenvalue weighted by Gasteiger charge is 2.18. The van der Waals surface area contributed by atoms with E-state index in [0.29, 0.717) is 5.56 Å². The molecule has 26 heavy (non-hydrogen) atoms. The highest BCUT2D eigenvalue weighted by Crippen LogP contribution is 2.30. The molecule has 3 rings (SSSR count). The highest BCUT2D eigenvalue weighted by molar-refractivity contribution is 6.32. The molecule has 5 nitrogen and oxygen atoms in total. The fraction of sp³-hybridized carbons (Fsp3) is 0. The molecule has 0 amide bonds. The number of ether oxygens (including phenoxy) is 1. The van der Waals surface area contributed by atoms with Crippen LogP contribution in [0.25, 0.3) is 11.1 Å². The van der Waals surface area contributed by atoms with Gasteiger partial charge in [0, 0.05) is 0 Å². The van der Waals surface area contributed by atoms with Crippen LogP contribution in [0.2, 0.25) is 5.02 Å². The van der Waals surface area contributed by atoms with Crippen LogP contribution in [0.3, 0.4) is 0 Å². The SMILES string of the molecule is O=C(O)c1ccc(OC(=O)c2ccc(O)cc2-c2ccccc2)c(Cl)c1. The Balaban J connectivity index is 1.95. The summed E-state index contributed by atoms with van der Waals surface area (Å²) < 4.78 is 5.32. The minimum Gasteiger partial charge on any atom is -0.508 e. The van der Waals surface area contributed by atoms with Gasteiger partial charge in [-0.05, 0) is 47.5 Å². The number of halogens is 1. The first-order valence-electron chi connectivity index (χ1n) is 7.59. The molecule has 0 saturated heterocycles. The van der Waals surface area contributed by atoms with E-state index in [1.54, 1.807) is 12.1 Å². The quantitative estimate of drug-likeness (QED) is 0.518. The van der Waals surface area contributed by atoms with Crippen LogP contribution in [0.4, 0.5) is 0 Å². The first kappa shape index (κ1) is 17.5. The summed E-state index contributed by atoms with van der Waals surface area (Å²) in [5.41, 5.74) is 1.48. The van der Waals surface area contributed by atoms with Gasteiger partial charge in [-0.25, -0.2) is 9.59 Å². The topological polar surface area (TPSA) is 83.8 Å². The van der Waals surface area contributed by atoms with Gasteiger partial charge < -0.3 is 14.9 Å². The molecule has 6 heteroatoms. The monoisotopic (exact) mass is 368 g/mol. The number of benzene rings is 3. The number of hydrogen-bond acceptors (Lipinski definition) is 4. The Labute approximate surface area is 154 Å². The number of esters is 1. The number of aromatic carboxylic acids is 1. The van der Waals surface area contributed by atoms with Crippen LogP contribution < -0.4 is 4.74 Å². The molecule has 0 radical (unpaired) electrons. The van der Waals surface area contributed by atoms with Gasteiger partial charge in [-0.15, -0.1) is 0 Å². The maximum atomic E-state index is 12.6. The van der Waals surface area contributed by atoms with Gasteiger partial charge in [0.25, 0.3) is 0 Å². The van der Waals surface area contributed by atoms with Crippen LogP contribution in [-0.4, -0.2) is 22.2 Å². The molecule has 130 valence electrons. The van der Waals surface area contributed by atoms with Crippen LogP contribution in [-0.2, 0) is 0 Å². The normalized spacial score (nSPS) is 10.3. The van der Waals surface area contributed by atoms with Crippen molar-refractivity contribution in [2.45, 2.75) is 0 Å². The molecule has 0 aliphatic rings. The smallest absolute Gasteiger partial charge is 0.344 e. The summed E-state index contributed by atoms with van der Waals surface area (Å²) in [6.07, 6.45) is 0. The average molecular weight is 369 g/mol. The van der Waals surface area contributed by atoms with E-state index in [9.17, 15) is 14.7 Å². The first-order valence-corrected chi connectivity index (χ1v) is 7.97. The summed E-state index contributed by atoms with van der Waals surface area (Å²) in [6.45, 7) is 0. The fourth-order valence-corrected chi connectivity index (χ4v) is 2.66. The van der Waals surface area contributed by atoms with E-state index in [-0.39, 0.29) is 27.6 Å². The second kappa shape index (κ2) is 7.29. The van der Waals surface area contributed by atoms with Crippen molar-refractivity contribution in [3.8, 4) is 22.6 Å². The lowest BCUT2D eigenvalue weighted by Crippen LogP contribution is -2.10. The molecule has 0 atom stereocenters. The molecule has 2 N–H and O–H groups in total. The molecule has 3 aromatic rings. The van der Waals surface area contributed by atoms with Gasteiger partial charge in [-0.3, -0.25) is 0 Å². The summed E-state index contributed by atoms with van der Waals surface area (Å²) in [6, 6.07) is 17.2. The third-order valence-corrected chi connectivity index (χ3v) is 3.98. The van der Waals surface area contributed by atoms with Crippen molar-refractivity contribution in [3.05, 3.63) is 82.9 Å². The van der Waals surface area contributed by atoms with Crippen LogP contribution in [0, 0.1) is 0 Å². The number of phenolic OH excluding ortho intramolecular Hbond substituents is 1. The predicted molar refractivity (Wildman–Crippen MR) is 96.9 cm³/mol. The second-order valence-electron chi connectivity index (χ2n) is 5.44. The zero-order chi connectivity index (χ0) is 18.7. The van der Waals surface area contributed by atoms with Crippen LogP contribution in [0.1, 0.15) is 20.7 Å². The average Bonchev–Trinajstić information content (AvgIpc) is 2.63. The first-order chi connectivity index (χ1) is 12.5. The molecular weight excluding hydrogens is 356 g/mol. The number of aromatic hydroxyl groups is 1. The number of phenols is 1. The molecule has 0 fully saturated rings. The molecule has 0 saturated carbocycles. The third kappa shape index (κ3) is 3.68. The van der Waals surface area contributed by atoms with Gasteiger partial charge in [0.2, 0.25) is 0 Å². The Hall–Kier alpha value is -3.31. The Morgan fingerprint density at radius 3 is 2.31 bits per heavy atom. The van der Waals surface area contributed by atoms with E-state index in [4.69, 9.17) is 21.4 Å². The zero-order valence-corrected chi connectivity index (χ0v) is 14.1. The molecule has 0 heterocycles.